The van der Waals surface area contributed by atoms with E-state index in [0.29, 0.717) is 29.8 Å². The summed E-state index contributed by atoms with van der Waals surface area (Å²) in [5.74, 6) is -1.06. The molecule has 0 radical (unpaired) electrons. The molecule has 4 heterocycles. The molecule has 5 rings (SSSR count). The van der Waals surface area contributed by atoms with E-state index < -0.39 is 33.2 Å². The van der Waals surface area contributed by atoms with Crippen LogP contribution in [-0.2, 0) is 29.1 Å². The van der Waals surface area contributed by atoms with Crippen LogP contribution in [-0.4, -0.2) is 36.6 Å². The molecule has 34 heavy (non-hydrogen) atoms. The van der Waals surface area contributed by atoms with Gasteiger partial charge in [-0.25, -0.2) is 18.4 Å². The van der Waals surface area contributed by atoms with Crippen LogP contribution in [0.15, 0.2) is 29.3 Å². The van der Waals surface area contributed by atoms with Crippen LogP contribution in [0, 0.1) is 6.92 Å². The maximum Gasteiger partial charge on any atom is 0.420 e. The minimum absolute atomic E-state index is 0.0665. The van der Waals surface area contributed by atoms with E-state index in [2.05, 4.69) is 25.9 Å². The van der Waals surface area contributed by atoms with Gasteiger partial charge >= 0.3 is 6.18 Å². The first-order valence-corrected chi connectivity index (χ1v) is 12.7. The van der Waals surface area contributed by atoms with Gasteiger partial charge in [0, 0.05) is 31.5 Å². The average molecular weight is 510 g/mol. The molecule has 2 aliphatic heterocycles. The van der Waals surface area contributed by atoms with Crippen molar-refractivity contribution in [2.24, 2.45) is 0 Å². The number of nitrogens with one attached hydrogen (secondary N) is 3. The Bertz CT molecular complexity index is 1430. The lowest BCUT2D eigenvalue weighted by atomic mass is 10.1. The number of carbonyl (C=O) groups excluding carboxylic acids is 1. The molecule has 0 unspecified atom stereocenters. The Morgan fingerprint density at radius 3 is 2.62 bits per heavy atom. The van der Waals surface area contributed by atoms with Crippen molar-refractivity contribution in [3.8, 4) is 10.6 Å². The van der Waals surface area contributed by atoms with E-state index in [4.69, 9.17) is 0 Å². The Morgan fingerprint density at radius 1 is 1.15 bits per heavy atom. The maximum atomic E-state index is 13.8. The lowest BCUT2D eigenvalue weighted by molar-refractivity contribution is -0.137. The van der Waals surface area contributed by atoms with E-state index in [0.717, 1.165) is 29.3 Å². The van der Waals surface area contributed by atoms with E-state index in [9.17, 15) is 26.4 Å². The number of thiophene rings is 1. The smallest absolute Gasteiger partial charge is 0.350 e. The van der Waals surface area contributed by atoms with Crippen molar-refractivity contribution >= 4 is 38.7 Å². The van der Waals surface area contributed by atoms with Crippen molar-refractivity contribution in [1.82, 2.24) is 20.6 Å². The third kappa shape index (κ3) is 4.03. The number of halogens is 3. The topological polar surface area (TPSA) is 113 Å². The van der Waals surface area contributed by atoms with E-state index in [1.165, 1.54) is 0 Å². The molecule has 0 spiro atoms. The third-order valence-corrected chi connectivity index (χ3v) is 8.65. The van der Waals surface area contributed by atoms with Crippen molar-refractivity contribution in [2.45, 2.75) is 31.1 Å². The van der Waals surface area contributed by atoms with Gasteiger partial charge in [0.1, 0.15) is 10.4 Å². The first kappa shape index (κ1) is 22.7. The molecule has 0 aliphatic carbocycles. The van der Waals surface area contributed by atoms with Gasteiger partial charge in [-0.15, -0.1) is 11.3 Å². The molecule has 0 saturated heterocycles. The summed E-state index contributed by atoms with van der Waals surface area (Å²) in [5, 5.41) is 8.67. The highest BCUT2D eigenvalue weighted by Gasteiger charge is 2.37. The second-order valence-electron chi connectivity index (χ2n) is 8.00. The second-order valence-corrected chi connectivity index (χ2v) is 11.1. The lowest BCUT2D eigenvalue weighted by Gasteiger charge is -2.14. The highest BCUT2D eigenvalue weighted by atomic mass is 32.2. The first-order valence-electron chi connectivity index (χ1n) is 10.2. The SMILES string of the molecule is Cc1cc2c(cc1Nc1ncc(C(F)(F)F)c(-c3cc4c(s3)C(=O)NCCS4(=O)=O)n1)CNC2. The number of aryl methyl sites for hydroxylation is 1. The maximum absolute atomic E-state index is 13.8. The molecule has 1 amide bonds. The summed E-state index contributed by atoms with van der Waals surface area (Å²) in [4.78, 5) is 19.7. The van der Waals surface area contributed by atoms with E-state index in [-0.39, 0.29) is 32.9 Å². The lowest BCUT2D eigenvalue weighted by Crippen LogP contribution is -2.24. The number of carbonyl (C=O) groups is 1. The fourth-order valence-electron chi connectivity index (χ4n) is 3.94. The van der Waals surface area contributed by atoms with Crippen molar-refractivity contribution in [2.75, 3.05) is 17.6 Å². The molecule has 0 fully saturated rings. The number of aromatic nitrogens is 2. The fraction of sp³-hybridized carbons (Fsp3) is 0.286. The number of sulfone groups is 1. The van der Waals surface area contributed by atoms with Crippen LogP contribution >= 0.6 is 11.3 Å². The van der Waals surface area contributed by atoms with Gasteiger partial charge in [-0.3, -0.25) is 4.79 Å². The van der Waals surface area contributed by atoms with Crippen molar-refractivity contribution < 1.29 is 26.4 Å². The van der Waals surface area contributed by atoms with Crippen molar-refractivity contribution in [3.05, 3.63) is 51.5 Å². The first-order chi connectivity index (χ1) is 16.0. The van der Waals surface area contributed by atoms with Crippen LogP contribution in [0.1, 0.15) is 31.9 Å². The van der Waals surface area contributed by atoms with Gasteiger partial charge < -0.3 is 16.0 Å². The Kier molecular flexibility index (Phi) is 5.37. The molecular weight excluding hydrogens is 491 g/mol. The number of hydrogen-bond donors (Lipinski definition) is 3. The Morgan fingerprint density at radius 2 is 1.88 bits per heavy atom. The summed E-state index contributed by atoms with van der Waals surface area (Å²) >= 11 is 0.659. The number of anilines is 2. The fourth-order valence-corrected chi connectivity index (χ4v) is 6.75. The Hall–Kier alpha value is -3.03. The van der Waals surface area contributed by atoms with Gasteiger partial charge in [0.25, 0.3) is 5.91 Å². The highest BCUT2D eigenvalue weighted by molar-refractivity contribution is 7.91. The number of fused-ring (bicyclic) bond motifs is 2. The van der Waals surface area contributed by atoms with E-state index in [1.807, 2.05) is 19.1 Å². The number of benzene rings is 1. The number of nitrogens with zero attached hydrogens (tertiary/aromatic N) is 2. The molecule has 0 bridgehead atoms. The minimum atomic E-state index is -4.79. The molecule has 0 atom stereocenters. The number of hydrogen-bond acceptors (Lipinski definition) is 8. The monoisotopic (exact) mass is 509 g/mol. The van der Waals surface area contributed by atoms with Crippen molar-refractivity contribution in [1.29, 1.82) is 0 Å². The molecule has 13 heteroatoms. The molecule has 178 valence electrons. The zero-order chi connectivity index (χ0) is 24.3. The molecule has 0 saturated carbocycles. The largest absolute Gasteiger partial charge is 0.420 e. The van der Waals surface area contributed by atoms with Crippen LogP contribution in [0.2, 0.25) is 0 Å². The summed E-state index contributed by atoms with van der Waals surface area (Å²) in [6, 6.07) is 4.98. The zero-order valence-corrected chi connectivity index (χ0v) is 19.3. The highest BCUT2D eigenvalue weighted by Crippen LogP contribution is 2.41. The van der Waals surface area contributed by atoms with Gasteiger partial charge in [-0.05, 0) is 35.7 Å². The van der Waals surface area contributed by atoms with E-state index in [1.54, 1.807) is 0 Å². The second kappa shape index (κ2) is 8.03. The van der Waals surface area contributed by atoms with Gasteiger partial charge in [-0.1, -0.05) is 6.07 Å². The van der Waals surface area contributed by atoms with Crippen LogP contribution in [0.3, 0.4) is 0 Å². The molecule has 1 aromatic carbocycles. The third-order valence-electron chi connectivity index (χ3n) is 5.65. The minimum Gasteiger partial charge on any atom is -0.350 e. The summed E-state index contributed by atoms with van der Waals surface area (Å²) in [5.41, 5.74) is 2.12. The molecule has 3 aromatic rings. The van der Waals surface area contributed by atoms with Gasteiger partial charge in [-0.2, -0.15) is 13.2 Å². The summed E-state index contributed by atoms with van der Waals surface area (Å²) in [7, 11) is -3.84. The average Bonchev–Trinajstić information content (AvgIpc) is 3.38. The standard InChI is InChI=1S/C21H18F3N5O3S2/c1-10-4-11-7-25-8-12(11)5-14(10)28-20-27-9-13(21(22,23)24)17(29-20)15-6-16-18(33-15)19(30)26-2-3-34(16,31)32/h4-6,9,25H,2-3,7-8H2,1H3,(H,26,30)(H,27,28,29). The summed E-state index contributed by atoms with van der Waals surface area (Å²) in [6.45, 7) is 3.23. The zero-order valence-electron chi connectivity index (χ0n) is 17.7. The molecular formula is C21H18F3N5O3S2. The van der Waals surface area contributed by atoms with Gasteiger partial charge in [0.15, 0.2) is 9.84 Å². The summed E-state index contributed by atoms with van der Waals surface area (Å²) in [6.07, 6.45) is -4.13. The van der Waals surface area contributed by atoms with Crippen LogP contribution in [0.4, 0.5) is 24.8 Å². The Balaban J connectivity index is 1.61. The predicted octanol–water partition coefficient (Wildman–Crippen LogP) is 3.40. The number of amides is 1. The van der Waals surface area contributed by atoms with Crippen molar-refractivity contribution in [3.63, 3.8) is 0 Å². The van der Waals surface area contributed by atoms with Gasteiger partial charge in [0.05, 0.1) is 21.2 Å². The number of alkyl halides is 3. The molecule has 2 aromatic heterocycles. The van der Waals surface area contributed by atoms with E-state index >= 15 is 0 Å². The Labute approximate surface area is 196 Å². The van der Waals surface area contributed by atoms with Crippen LogP contribution < -0.4 is 16.0 Å². The molecule has 2 aliphatic rings. The predicted molar refractivity (Wildman–Crippen MR) is 120 cm³/mol. The normalized spacial score (nSPS) is 17.0. The quantitative estimate of drug-likeness (QED) is 0.496. The summed E-state index contributed by atoms with van der Waals surface area (Å²) < 4.78 is 66.4. The molecule has 8 nitrogen and oxygen atoms in total. The number of rotatable bonds is 3. The van der Waals surface area contributed by atoms with Gasteiger partial charge in [0.2, 0.25) is 5.95 Å². The van der Waals surface area contributed by atoms with Crippen LogP contribution in [0.5, 0.6) is 0 Å². The van der Waals surface area contributed by atoms with Crippen LogP contribution in [0.25, 0.3) is 10.6 Å². The molecule has 3 N–H and O–H groups in total.